The molecule has 2 amide bonds. The van der Waals surface area contributed by atoms with Crippen molar-refractivity contribution in [3.63, 3.8) is 0 Å². The molecule has 1 saturated heterocycles. The molecule has 1 aromatic rings. The van der Waals surface area contributed by atoms with Gasteiger partial charge in [0.15, 0.2) is 5.13 Å². The summed E-state index contributed by atoms with van der Waals surface area (Å²) < 4.78 is 5.23. The van der Waals surface area contributed by atoms with Gasteiger partial charge >= 0.3 is 5.97 Å². The second kappa shape index (κ2) is 9.97. The summed E-state index contributed by atoms with van der Waals surface area (Å²) in [5, 5.41) is 3.11. The van der Waals surface area contributed by atoms with Crippen molar-refractivity contribution in [1.82, 2.24) is 14.8 Å². The Balaban J connectivity index is 1.90. The molecule has 1 fully saturated rings. The highest BCUT2D eigenvalue weighted by molar-refractivity contribution is 7.17. The Kier molecular flexibility index (Phi) is 7.94. The van der Waals surface area contributed by atoms with E-state index in [2.05, 4.69) is 15.2 Å². The highest BCUT2D eigenvalue weighted by atomic mass is 32.1. The lowest BCUT2D eigenvalue weighted by Gasteiger charge is -2.17. The second-order valence-electron chi connectivity index (χ2n) is 7.81. The highest BCUT2D eigenvalue weighted by Gasteiger charge is 2.34. The summed E-state index contributed by atoms with van der Waals surface area (Å²) in [4.78, 5) is 45.3. The van der Waals surface area contributed by atoms with Crippen molar-refractivity contribution in [3.05, 3.63) is 10.6 Å². The number of amides is 2. The molecule has 1 N–H and O–H groups in total. The van der Waals surface area contributed by atoms with Crippen LogP contribution in [0.3, 0.4) is 0 Å². The summed E-state index contributed by atoms with van der Waals surface area (Å²) in [6.45, 7) is 7.95. The molecule has 1 aliphatic heterocycles. The van der Waals surface area contributed by atoms with Gasteiger partial charge in [-0.2, -0.15) is 0 Å². The van der Waals surface area contributed by atoms with Gasteiger partial charge in [-0.25, -0.2) is 9.78 Å². The van der Waals surface area contributed by atoms with E-state index in [1.807, 2.05) is 27.9 Å². The number of rotatable bonds is 9. The van der Waals surface area contributed by atoms with Crippen LogP contribution in [0.2, 0.25) is 0 Å². The summed E-state index contributed by atoms with van der Waals surface area (Å²) in [6, 6.07) is 0. The number of hydrogen-bond donors (Lipinski definition) is 1. The van der Waals surface area contributed by atoms with E-state index >= 15 is 0 Å². The van der Waals surface area contributed by atoms with E-state index in [0.717, 1.165) is 24.3 Å². The zero-order valence-electron chi connectivity index (χ0n) is 17.3. The van der Waals surface area contributed by atoms with Crippen LogP contribution in [0, 0.1) is 18.8 Å². The van der Waals surface area contributed by atoms with Gasteiger partial charge in [-0.1, -0.05) is 25.2 Å². The normalized spacial score (nSPS) is 16.9. The third-order valence-electron chi connectivity index (χ3n) is 4.38. The largest absolute Gasteiger partial charge is 0.461 e. The zero-order valence-corrected chi connectivity index (χ0v) is 18.1. The van der Waals surface area contributed by atoms with E-state index in [4.69, 9.17) is 4.74 Å². The predicted molar refractivity (Wildman–Crippen MR) is 108 cm³/mol. The summed E-state index contributed by atoms with van der Waals surface area (Å²) >= 11 is 1.10. The Morgan fingerprint density at radius 3 is 2.75 bits per heavy atom. The summed E-state index contributed by atoms with van der Waals surface area (Å²) in [7, 11) is 3.98. The number of ether oxygens (including phenoxy) is 1. The maximum absolute atomic E-state index is 12.5. The average molecular weight is 411 g/mol. The van der Waals surface area contributed by atoms with Crippen molar-refractivity contribution >= 4 is 34.3 Å². The SMILES string of the molecule is Cc1nc(NC(=O)C2CC(=O)N(CCCN(C)C)C2)sc1C(=O)OCC(C)C. The van der Waals surface area contributed by atoms with Crippen molar-refractivity contribution < 1.29 is 19.1 Å². The summed E-state index contributed by atoms with van der Waals surface area (Å²) in [5.74, 6) is -0.803. The quantitative estimate of drug-likeness (QED) is 0.626. The number of carbonyl (C=O) groups excluding carboxylic acids is 3. The van der Waals surface area contributed by atoms with E-state index in [1.165, 1.54) is 0 Å². The minimum absolute atomic E-state index is 0.00665. The lowest BCUT2D eigenvalue weighted by molar-refractivity contribution is -0.128. The van der Waals surface area contributed by atoms with Crippen molar-refractivity contribution in [2.75, 3.05) is 45.7 Å². The molecule has 2 heterocycles. The molecule has 0 spiro atoms. The van der Waals surface area contributed by atoms with Gasteiger partial charge < -0.3 is 19.9 Å². The van der Waals surface area contributed by atoms with Gasteiger partial charge in [0.1, 0.15) is 4.88 Å². The number of carbonyl (C=O) groups is 3. The topological polar surface area (TPSA) is 91.8 Å². The molecule has 9 heteroatoms. The number of thiazole rings is 1. The molecule has 0 aliphatic carbocycles. The van der Waals surface area contributed by atoms with Gasteiger partial charge in [-0.3, -0.25) is 9.59 Å². The first-order valence-corrected chi connectivity index (χ1v) is 10.4. The molecule has 2 rings (SSSR count). The molecule has 8 nitrogen and oxygen atoms in total. The third kappa shape index (κ3) is 6.27. The van der Waals surface area contributed by atoms with Crippen LogP contribution in [0.15, 0.2) is 0 Å². The van der Waals surface area contributed by atoms with Crippen LogP contribution in [-0.4, -0.2) is 72.9 Å². The van der Waals surface area contributed by atoms with E-state index < -0.39 is 11.9 Å². The lowest BCUT2D eigenvalue weighted by atomic mass is 10.1. The fourth-order valence-corrected chi connectivity index (χ4v) is 3.76. The Labute approximate surface area is 170 Å². The van der Waals surface area contributed by atoms with Gasteiger partial charge in [0, 0.05) is 19.5 Å². The Morgan fingerprint density at radius 2 is 2.11 bits per heavy atom. The Hall–Kier alpha value is -2.00. The van der Waals surface area contributed by atoms with E-state index in [1.54, 1.807) is 11.8 Å². The number of nitrogens with zero attached hydrogens (tertiary/aromatic N) is 3. The number of aromatic nitrogens is 1. The molecule has 1 aliphatic rings. The molecule has 0 aromatic carbocycles. The van der Waals surface area contributed by atoms with Gasteiger partial charge in [-0.15, -0.1) is 0 Å². The van der Waals surface area contributed by atoms with E-state index in [0.29, 0.717) is 35.4 Å². The van der Waals surface area contributed by atoms with Gasteiger partial charge in [0.25, 0.3) is 0 Å². The molecule has 28 heavy (non-hydrogen) atoms. The molecule has 1 unspecified atom stereocenters. The first-order valence-electron chi connectivity index (χ1n) is 9.55. The zero-order chi connectivity index (χ0) is 20.8. The molecule has 0 radical (unpaired) electrons. The van der Waals surface area contributed by atoms with Crippen LogP contribution in [0.5, 0.6) is 0 Å². The Bertz CT molecular complexity index is 717. The fourth-order valence-electron chi connectivity index (χ4n) is 2.90. The van der Waals surface area contributed by atoms with Crippen LogP contribution in [0.1, 0.15) is 42.1 Å². The molecule has 0 saturated carbocycles. The average Bonchev–Trinajstić information content (AvgIpc) is 3.15. The van der Waals surface area contributed by atoms with Crippen LogP contribution in [-0.2, 0) is 14.3 Å². The molecular weight excluding hydrogens is 380 g/mol. The van der Waals surface area contributed by atoms with Gasteiger partial charge in [-0.05, 0) is 39.9 Å². The Morgan fingerprint density at radius 1 is 1.39 bits per heavy atom. The van der Waals surface area contributed by atoms with Crippen LogP contribution >= 0.6 is 11.3 Å². The second-order valence-corrected chi connectivity index (χ2v) is 8.81. The predicted octanol–water partition coefficient (Wildman–Crippen LogP) is 2.00. The van der Waals surface area contributed by atoms with Crippen molar-refractivity contribution in [2.24, 2.45) is 11.8 Å². The third-order valence-corrected chi connectivity index (χ3v) is 5.43. The standard InChI is InChI=1S/C19H30N4O4S/c1-12(2)11-27-18(26)16-13(3)20-19(28-16)21-17(25)14-9-15(24)23(10-14)8-6-7-22(4)5/h12,14H,6-11H2,1-5H3,(H,20,21,25). The van der Waals surface area contributed by atoms with Gasteiger partial charge in [0.2, 0.25) is 11.8 Å². The molecule has 0 bridgehead atoms. The number of anilines is 1. The van der Waals surface area contributed by atoms with Crippen molar-refractivity contribution in [3.8, 4) is 0 Å². The highest BCUT2D eigenvalue weighted by Crippen LogP contribution is 2.26. The monoisotopic (exact) mass is 410 g/mol. The smallest absolute Gasteiger partial charge is 0.350 e. The fraction of sp³-hybridized carbons (Fsp3) is 0.684. The first-order chi connectivity index (χ1) is 13.2. The number of esters is 1. The van der Waals surface area contributed by atoms with Crippen molar-refractivity contribution in [2.45, 2.75) is 33.6 Å². The summed E-state index contributed by atoms with van der Waals surface area (Å²) in [5.41, 5.74) is 0.530. The van der Waals surface area contributed by atoms with Crippen LogP contribution in [0.4, 0.5) is 5.13 Å². The first kappa shape index (κ1) is 22.3. The molecule has 156 valence electrons. The molecule has 1 atom stereocenters. The minimum atomic E-state index is -0.424. The molecule has 1 aromatic heterocycles. The lowest BCUT2D eigenvalue weighted by Crippen LogP contribution is -2.30. The molecular formula is C19H30N4O4S. The summed E-state index contributed by atoms with van der Waals surface area (Å²) in [6.07, 6.45) is 1.09. The maximum atomic E-state index is 12.5. The maximum Gasteiger partial charge on any atom is 0.350 e. The number of nitrogens with one attached hydrogen (secondary N) is 1. The van der Waals surface area contributed by atoms with E-state index in [-0.39, 0.29) is 24.2 Å². The number of hydrogen-bond acceptors (Lipinski definition) is 7. The van der Waals surface area contributed by atoms with Crippen LogP contribution in [0.25, 0.3) is 0 Å². The van der Waals surface area contributed by atoms with Crippen LogP contribution < -0.4 is 5.32 Å². The van der Waals surface area contributed by atoms with Crippen molar-refractivity contribution in [1.29, 1.82) is 0 Å². The minimum Gasteiger partial charge on any atom is -0.461 e. The number of aryl methyl sites for hydroxylation is 1. The number of likely N-dealkylation sites (tertiary alicyclic amines) is 1. The van der Waals surface area contributed by atoms with E-state index in [9.17, 15) is 14.4 Å². The van der Waals surface area contributed by atoms with Gasteiger partial charge in [0.05, 0.1) is 18.2 Å².